The molecule has 0 unspecified atom stereocenters. The molecule has 0 bridgehead atoms. The predicted octanol–water partition coefficient (Wildman–Crippen LogP) is 5.62. The van der Waals surface area contributed by atoms with Gasteiger partial charge in [-0.1, -0.05) is 59.1 Å². The molecule has 0 amide bonds. The number of nitrogens with one attached hydrogen (secondary N) is 1. The highest BCUT2D eigenvalue weighted by Gasteiger charge is 2.11. The van der Waals surface area contributed by atoms with Crippen LogP contribution in [0.15, 0.2) is 40.9 Å². The van der Waals surface area contributed by atoms with Crippen molar-refractivity contribution in [2.24, 2.45) is 0 Å². The van der Waals surface area contributed by atoms with Gasteiger partial charge in [0.1, 0.15) is 6.61 Å². The van der Waals surface area contributed by atoms with Crippen LogP contribution in [0, 0.1) is 6.92 Å². The highest BCUT2D eigenvalue weighted by atomic mass is 79.9. The Labute approximate surface area is 159 Å². The standard InChI is InChI=1S/C21H28BrNO2/c1-4-6-10-23-14-18-12-20(24-5-2)21(13-19(18)22)25-15-17-9-7-8-16(3)11-17/h7-9,11-13,23H,4-6,10,14-15H2,1-3H3. The van der Waals surface area contributed by atoms with E-state index in [0.29, 0.717) is 13.2 Å². The summed E-state index contributed by atoms with van der Waals surface area (Å²) < 4.78 is 12.9. The summed E-state index contributed by atoms with van der Waals surface area (Å²) in [5, 5.41) is 3.47. The Hall–Kier alpha value is -1.52. The lowest BCUT2D eigenvalue weighted by atomic mass is 10.1. The maximum absolute atomic E-state index is 6.03. The minimum atomic E-state index is 0.530. The summed E-state index contributed by atoms with van der Waals surface area (Å²) in [5.74, 6) is 1.57. The summed E-state index contributed by atoms with van der Waals surface area (Å²) in [7, 11) is 0. The van der Waals surface area contributed by atoms with E-state index in [9.17, 15) is 0 Å². The molecule has 0 aromatic heterocycles. The highest BCUT2D eigenvalue weighted by molar-refractivity contribution is 9.10. The Kier molecular flexibility index (Phi) is 8.29. The molecule has 0 heterocycles. The van der Waals surface area contributed by atoms with Crippen molar-refractivity contribution in [3.8, 4) is 11.5 Å². The van der Waals surface area contributed by atoms with Crippen molar-refractivity contribution in [1.29, 1.82) is 0 Å². The number of rotatable bonds is 10. The molecule has 2 aromatic rings. The zero-order valence-corrected chi connectivity index (χ0v) is 17.0. The molecular weight excluding hydrogens is 378 g/mol. The van der Waals surface area contributed by atoms with Crippen molar-refractivity contribution in [2.75, 3.05) is 13.2 Å². The summed E-state index contributed by atoms with van der Waals surface area (Å²) in [5.41, 5.74) is 3.58. The van der Waals surface area contributed by atoms with E-state index in [1.165, 1.54) is 24.0 Å². The van der Waals surface area contributed by atoms with E-state index < -0.39 is 0 Å². The van der Waals surface area contributed by atoms with E-state index >= 15 is 0 Å². The van der Waals surface area contributed by atoms with Crippen molar-refractivity contribution in [3.05, 3.63) is 57.6 Å². The maximum Gasteiger partial charge on any atom is 0.162 e. The van der Waals surface area contributed by atoms with Gasteiger partial charge in [0.2, 0.25) is 0 Å². The van der Waals surface area contributed by atoms with Gasteiger partial charge in [0.15, 0.2) is 11.5 Å². The molecule has 0 atom stereocenters. The Bertz CT molecular complexity index is 673. The SMILES string of the molecule is CCCCNCc1cc(OCC)c(OCc2cccc(C)c2)cc1Br. The highest BCUT2D eigenvalue weighted by Crippen LogP contribution is 2.34. The van der Waals surface area contributed by atoms with Crippen LogP contribution in [0.5, 0.6) is 11.5 Å². The first-order chi connectivity index (χ1) is 12.1. The van der Waals surface area contributed by atoms with E-state index in [1.807, 2.05) is 13.0 Å². The minimum Gasteiger partial charge on any atom is -0.490 e. The summed E-state index contributed by atoms with van der Waals surface area (Å²) in [6.07, 6.45) is 2.39. The second kappa shape index (κ2) is 10.5. The van der Waals surface area contributed by atoms with Gasteiger partial charge in [0.25, 0.3) is 0 Å². The van der Waals surface area contributed by atoms with Crippen LogP contribution >= 0.6 is 15.9 Å². The normalized spacial score (nSPS) is 10.7. The molecule has 0 fully saturated rings. The van der Waals surface area contributed by atoms with Gasteiger partial charge in [-0.2, -0.15) is 0 Å². The fourth-order valence-corrected chi connectivity index (χ4v) is 3.04. The molecular formula is C21H28BrNO2. The Morgan fingerprint density at radius 1 is 1.04 bits per heavy atom. The van der Waals surface area contributed by atoms with Crippen LogP contribution < -0.4 is 14.8 Å². The first kappa shape index (κ1) is 19.8. The third-order valence-electron chi connectivity index (χ3n) is 3.91. The number of aryl methyl sites for hydroxylation is 1. The molecule has 0 aliphatic rings. The Balaban J connectivity index is 2.09. The fourth-order valence-electron chi connectivity index (χ4n) is 2.58. The molecule has 0 radical (unpaired) electrons. The van der Waals surface area contributed by atoms with E-state index in [1.54, 1.807) is 0 Å². The zero-order chi connectivity index (χ0) is 18.1. The Morgan fingerprint density at radius 3 is 2.56 bits per heavy atom. The molecule has 136 valence electrons. The van der Waals surface area contributed by atoms with Crippen LogP contribution in [0.4, 0.5) is 0 Å². The average molecular weight is 406 g/mol. The lowest BCUT2D eigenvalue weighted by Gasteiger charge is -2.15. The van der Waals surface area contributed by atoms with Gasteiger partial charge in [-0.3, -0.25) is 0 Å². The maximum atomic E-state index is 6.03. The Morgan fingerprint density at radius 2 is 1.84 bits per heavy atom. The zero-order valence-electron chi connectivity index (χ0n) is 15.4. The molecule has 0 saturated carbocycles. The van der Waals surface area contributed by atoms with Crippen molar-refractivity contribution >= 4 is 15.9 Å². The molecule has 0 saturated heterocycles. The van der Waals surface area contributed by atoms with Gasteiger partial charge in [0, 0.05) is 11.0 Å². The number of halogens is 1. The molecule has 2 rings (SSSR count). The van der Waals surface area contributed by atoms with E-state index in [2.05, 4.69) is 65.4 Å². The summed E-state index contributed by atoms with van der Waals surface area (Å²) in [6.45, 7) is 9.27. The molecule has 4 heteroatoms. The van der Waals surface area contributed by atoms with Crippen molar-refractivity contribution in [2.45, 2.75) is 46.8 Å². The number of unbranched alkanes of at least 4 members (excludes halogenated alkanes) is 1. The van der Waals surface area contributed by atoms with Crippen molar-refractivity contribution in [1.82, 2.24) is 5.32 Å². The van der Waals surface area contributed by atoms with Crippen LogP contribution in [0.2, 0.25) is 0 Å². The lowest BCUT2D eigenvalue weighted by molar-refractivity contribution is 0.269. The third-order valence-corrected chi connectivity index (χ3v) is 4.65. The fraction of sp³-hybridized carbons (Fsp3) is 0.429. The molecule has 0 aliphatic carbocycles. The predicted molar refractivity (Wildman–Crippen MR) is 107 cm³/mol. The minimum absolute atomic E-state index is 0.530. The van der Waals surface area contributed by atoms with Crippen LogP contribution in [0.25, 0.3) is 0 Å². The van der Waals surface area contributed by atoms with Gasteiger partial charge in [-0.15, -0.1) is 0 Å². The molecule has 3 nitrogen and oxygen atoms in total. The molecule has 0 aliphatic heterocycles. The second-order valence-electron chi connectivity index (χ2n) is 6.13. The van der Waals surface area contributed by atoms with Gasteiger partial charge in [-0.25, -0.2) is 0 Å². The van der Waals surface area contributed by atoms with Crippen molar-refractivity contribution < 1.29 is 9.47 Å². The van der Waals surface area contributed by atoms with Crippen LogP contribution in [0.3, 0.4) is 0 Å². The van der Waals surface area contributed by atoms with E-state index in [-0.39, 0.29) is 0 Å². The molecule has 1 N–H and O–H groups in total. The third kappa shape index (κ3) is 6.37. The van der Waals surface area contributed by atoms with E-state index in [4.69, 9.17) is 9.47 Å². The topological polar surface area (TPSA) is 30.5 Å². The van der Waals surface area contributed by atoms with Crippen molar-refractivity contribution in [3.63, 3.8) is 0 Å². The summed E-state index contributed by atoms with van der Waals surface area (Å²) >= 11 is 3.66. The number of hydrogen-bond donors (Lipinski definition) is 1. The van der Waals surface area contributed by atoms with Gasteiger partial charge >= 0.3 is 0 Å². The molecule has 25 heavy (non-hydrogen) atoms. The number of ether oxygens (including phenoxy) is 2. The number of hydrogen-bond acceptors (Lipinski definition) is 3. The van der Waals surface area contributed by atoms with E-state index in [0.717, 1.165) is 34.6 Å². The van der Waals surface area contributed by atoms with Crippen LogP contribution in [-0.4, -0.2) is 13.2 Å². The average Bonchev–Trinajstić information content (AvgIpc) is 2.60. The largest absolute Gasteiger partial charge is 0.490 e. The lowest BCUT2D eigenvalue weighted by Crippen LogP contribution is -2.15. The molecule has 2 aromatic carbocycles. The van der Waals surface area contributed by atoms with Gasteiger partial charge in [0.05, 0.1) is 6.61 Å². The smallest absolute Gasteiger partial charge is 0.162 e. The summed E-state index contributed by atoms with van der Waals surface area (Å²) in [4.78, 5) is 0. The quantitative estimate of drug-likeness (QED) is 0.519. The monoisotopic (exact) mass is 405 g/mol. The van der Waals surface area contributed by atoms with Crippen LogP contribution in [-0.2, 0) is 13.2 Å². The number of benzene rings is 2. The van der Waals surface area contributed by atoms with Crippen LogP contribution in [0.1, 0.15) is 43.4 Å². The van der Waals surface area contributed by atoms with Gasteiger partial charge < -0.3 is 14.8 Å². The first-order valence-corrected chi connectivity index (χ1v) is 9.77. The molecule has 0 spiro atoms. The second-order valence-corrected chi connectivity index (χ2v) is 6.99. The first-order valence-electron chi connectivity index (χ1n) is 8.98. The van der Waals surface area contributed by atoms with Gasteiger partial charge in [-0.05, 0) is 50.1 Å². The summed E-state index contributed by atoms with van der Waals surface area (Å²) in [6, 6.07) is 12.4.